The summed E-state index contributed by atoms with van der Waals surface area (Å²) < 4.78 is 0. The van der Waals surface area contributed by atoms with Crippen LogP contribution in [0.4, 0.5) is 5.13 Å². The number of benzene rings is 1. The molecule has 1 N–H and O–H groups in total. The van der Waals surface area contributed by atoms with Crippen molar-refractivity contribution in [1.82, 2.24) is 10.2 Å². The van der Waals surface area contributed by atoms with Crippen molar-refractivity contribution in [2.75, 3.05) is 5.32 Å². The van der Waals surface area contributed by atoms with Gasteiger partial charge in [0.25, 0.3) is 5.91 Å². The van der Waals surface area contributed by atoms with E-state index in [1.165, 1.54) is 11.3 Å². The summed E-state index contributed by atoms with van der Waals surface area (Å²) in [7, 11) is 0. The molecule has 1 aliphatic carbocycles. The van der Waals surface area contributed by atoms with Crippen LogP contribution < -0.4 is 5.32 Å². The number of nitrogens with zero attached hydrogens (tertiary/aromatic N) is 3. The van der Waals surface area contributed by atoms with Crippen LogP contribution in [0, 0.1) is 0 Å². The first-order chi connectivity index (χ1) is 11.6. The van der Waals surface area contributed by atoms with Crippen LogP contribution in [0.5, 0.6) is 0 Å². The number of halogens is 2. The Labute approximate surface area is 151 Å². The van der Waals surface area contributed by atoms with Crippen LogP contribution in [-0.4, -0.2) is 27.9 Å². The number of hydrogen-bond acceptors (Lipinski definition) is 6. The maximum absolute atomic E-state index is 12.3. The summed E-state index contributed by atoms with van der Waals surface area (Å²) in [4.78, 5) is 17.5. The third kappa shape index (κ3) is 3.24. The zero-order valence-corrected chi connectivity index (χ0v) is 14.7. The third-order valence-electron chi connectivity index (χ3n) is 3.80. The predicted molar refractivity (Wildman–Crippen MR) is 93.0 cm³/mol. The Balaban J connectivity index is 1.40. The molecule has 2 heterocycles. The van der Waals surface area contributed by atoms with Crippen molar-refractivity contribution in [3.05, 3.63) is 38.8 Å². The Morgan fingerprint density at radius 3 is 2.88 bits per heavy atom. The Morgan fingerprint density at radius 1 is 1.29 bits per heavy atom. The monoisotopic (exact) mass is 382 g/mol. The molecule has 2 aromatic rings. The first-order valence-corrected chi connectivity index (χ1v) is 9.00. The van der Waals surface area contributed by atoms with Crippen LogP contribution in [-0.2, 0) is 9.63 Å². The van der Waals surface area contributed by atoms with Crippen molar-refractivity contribution in [3.8, 4) is 0 Å². The molecule has 0 unspecified atom stereocenters. The Hall–Kier alpha value is -1.70. The van der Waals surface area contributed by atoms with Gasteiger partial charge in [-0.05, 0) is 25.0 Å². The first-order valence-electron chi connectivity index (χ1n) is 7.42. The van der Waals surface area contributed by atoms with Crippen molar-refractivity contribution in [3.63, 3.8) is 0 Å². The van der Waals surface area contributed by atoms with Gasteiger partial charge in [-0.1, -0.05) is 45.8 Å². The van der Waals surface area contributed by atoms with Gasteiger partial charge in [0, 0.05) is 22.9 Å². The van der Waals surface area contributed by atoms with Gasteiger partial charge in [0.1, 0.15) is 5.01 Å². The summed E-state index contributed by atoms with van der Waals surface area (Å²) in [5.41, 5.74) is 1.33. The smallest absolute Gasteiger partial charge is 0.270 e. The Morgan fingerprint density at radius 2 is 2.12 bits per heavy atom. The number of anilines is 1. The van der Waals surface area contributed by atoms with Crippen molar-refractivity contribution in [2.45, 2.75) is 31.3 Å². The molecule has 0 saturated heterocycles. The number of amides is 1. The van der Waals surface area contributed by atoms with Gasteiger partial charge in [-0.2, -0.15) is 0 Å². The van der Waals surface area contributed by atoms with Gasteiger partial charge in [-0.25, -0.2) is 0 Å². The highest BCUT2D eigenvalue weighted by atomic mass is 35.5. The zero-order chi connectivity index (χ0) is 16.7. The number of hydrogen-bond donors (Lipinski definition) is 1. The molecule has 9 heteroatoms. The third-order valence-corrected chi connectivity index (χ3v) is 5.35. The van der Waals surface area contributed by atoms with E-state index < -0.39 is 6.10 Å². The highest BCUT2D eigenvalue weighted by Crippen LogP contribution is 2.42. The first kappa shape index (κ1) is 15.8. The molecule has 1 atom stereocenters. The van der Waals surface area contributed by atoms with Gasteiger partial charge >= 0.3 is 0 Å². The maximum atomic E-state index is 12.3. The van der Waals surface area contributed by atoms with E-state index in [1.807, 2.05) is 0 Å². The molecule has 124 valence electrons. The van der Waals surface area contributed by atoms with Crippen molar-refractivity contribution in [2.24, 2.45) is 5.16 Å². The van der Waals surface area contributed by atoms with Crippen LogP contribution >= 0.6 is 34.5 Å². The molecule has 0 bridgehead atoms. The summed E-state index contributed by atoms with van der Waals surface area (Å²) >= 11 is 13.5. The molecule has 0 radical (unpaired) electrons. The van der Waals surface area contributed by atoms with Crippen LogP contribution in [0.25, 0.3) is 0 Å². The molecule has 1 aromatic carbocycles. The lowest BCUT2D eigenvalue weighted by Crippen LogP contribution is -2.28. The number of aromatic nitrogens is 2. The lowest BCUT2D eigenvalue weighted by molar-refractivity contribution is -0.125. The molecule has 1 saturated carbocycles. The molecular weight excluding hydrogens is 371 g/mol. The summed E-state index contributed by atoms with van der Waals surface area (Å²) in [6, 6.07) is 5.12. The second-order valence-electron chi connectivity index (χ2n) is 5.67. The quantitative estimate of drug-likeness (QED) is 0.870. The fourth-order valence-electron chi connectivity index (χ4n) is 2.37. The minimum atomic E-state index is -0.708. The van der Waals surface area contributed by atoms with Gasteiger partial charge in [-0.3, -0.25) is 10.1 Å². The second kappa shape index (κ2) is 6.31. The molecule has 1 amide bonds. The highest BCUT2D eigenvalue weighted by molar-refractivity contribution is 7.15. The van der Waals surface area contributed by atoms with E-state index in [-0.39, 0.29) is 5.91 Å². The molecule has 0 spiro atoms. The lowest BCUT2D eigenvalue weighted by Gasteiger charge is -2.07. The molecule has 2 aliphatic rings. The zero-order valence-electron chi connectivity index (χ0n) is 12.3. The number of carbonyl (C=O) groups excluding carboxylic acids is 1. The van der Waals surface area contributed by atoms with E-state index in [2.05, 4.69) is 20.7 Å². The number of nitrogens with one attached hydrogen (secondary N) is 1. The van der Waals surface area contributed by atoms with E-state index >= 15 is 0 Å². The van der Waals surface area contributed by atoms with E-state index in [9.17, 15) is 4.79 Å². The van der Waals surface area contributed by atoms with E-state index in [4.69, 9.17) is 28.0 Å². The van der Waals surface area contributed by atoms with Gasteiger partial charge in [-0.15, -0.1) is 10.2 Å². The molecule has 4 rings (SSSR count). The SMILES string of the molecule is O=C(Nc1nnc(C2CC2)s1)[C@H]1CC(c2ccc(Cl)cc2Cl)=NO1. The average molecular weight is 383 g/mol. The van der Waals surface area contributed by atoms with Crippen LogP contribution in [0.3, 0.4) is 0 Å². The fraction of sp³-hybridized carbons (Fsp3) is 0.333. The van der Waals surface area contributed by atoms with Crippen molar-refractivity contribution < 1.29 is 9.63 Å². The van der Waals surface area contributed by atoms with E-state index in [1.54, 1.807) is 18.2 Å². The topological polar surface area (TPSA) is 76.5 Å². The van der Waals surface area contributed by atoms with E-state index in [0.717, 1.165) is 17.8 Å². The Bertz CT molecular complexity index is 835. The molecular formula is C15H12Cl2N4O2S. The normalized spacial score (nSPS) is 19.8. The van der Waals surface area contributed by atoms with Gasteiger partial charge < -0.3 is 4.84 Å². The summed E-state index contributed by atoms with van der Waals surface area (Å²) in [6.45, 7) is 0. The minimum Gasteiger partial charge on any atom is -0.382 e. The Kier molecular flexibility index (Phi) is 4.15. The maximum Gasteiger partial charge on any atom is 0.270 e. The average Bonchev–Trinajstić information content (AvgIpc) is 3.09. The van der Waals surface area contributed by atoms with Gasteiger partial charge in [0.2, 0.25) is 11.2 Å². The van der Waals surface area contributed by atoms with Crippen molar-refractivity contribution in [1.29, 1.82) is 0 Å². The predicted octanol–water partition coefficient (Wildman–Crippen LogP) is 3.85. The summed E-state index contributed by atoms with van der Waals surface area (Å²) in [6.07, 6.45) is 1.92. The van der Waals surface area contributed by atoms with Gasteiger partial charge in [0.15, 0.2) is 0 Å². The fourth-order valence-corrected chi connectivity index (χ4v) is 3.80. The molecule has 6 nitrogen and oxygen atoms in total. The van der Waals surface area contributed by atoms with E-state index in [0.29, 0.717) is 38.8 Å². The summed E-state index contributed by atoms with van der Waals surface area (Å²) in [5, 5.41) is 17.3. The molecule has 1 aliphatic heterocycles. The highest BCUT2D eigenvalue weighted by Gasteiger charge is 2.31. The van der Waals surface area contributed by atoms with Crippen molar-refractivity contribution >= 4 is 51.3 Å². The largest absolute Gasteiger partial charge is 0.382 e. The summed E-state index contributed by atoms with van der Waals surface area (Å²) in [5.74, 6) is 0.218. The van der Waals surface area contributed by atoms with Crippen LogP contribution in [0.2, 0.25) is 10.0 Å². The van der Waals surface area contributed by atoms with Crippen LogP contribution in [0.1, 0.15) is 35.8 Å². The molecule has 24 heavy (non-hydrogen) atoms. The van der Waals surface area contributed by atoms with Gasteiger partial charge in [0.05, 0.1) is 10.7 Å². The number of oxime groups is 1. The molecule has 1 aromatic heterocycles. The second-order valence-corrected chi connectivity index (χ2v) is 7.52. The van der Waals surface area contributed by atoms with Crippen LogP contribution in [0.15, 0.2) is 23.4 Å². The minimum absolute atomic E-state index is 0.294. The lowest BCUT2D eigenvalue weighted by atomic mass is 10.0. The number of carbonyl (C=O) groups is 1. The standard InChI is InChI=1S/C15H12Cl2N4O2S/c16-8-3-4-9(10(17)5-8)11-6-12(23-21-11)13(22)18-15-20-19-14(24-15)7-1-2-7/h3-5,7,12H,1-2,6H2,(H,18,20,22)/t12-/m1/s1. The molecule has 1 fully saturated rings. The number of rotatable bonds is 4.